The normalized spacial score (nSPS) is 14.5. The van der Waals surface area contributed by atoms with Gasteiger partial charge in [-0.1, -0.05) is 13.8 Å². The fourth-order valence-corrected chi connectivity index (χ4v) is 8.12. The minimum atomic E-state index is -1.57. The second kappa shape index (κ2) is 17.3. The Morgan fingerprint density at radius 3 is 1.66 bits per heavy atom. The van der Waals surface area contributed by atoms with E-state index in [4.69, 9.17) is 4.74 Å². The van der Waals surface area contributed by atoms with Crippen LogP contribution in [-0.4, -0.2) is 55.3 Å². The van der Waals surface area contributed by atoms with E-state index in [1.54, 1.807) is 19.1 Å². The molecule has 2 aromatic carbocycles. The number of ether oxygens (including phenoxy) is 1. The largest absolute Gasteiger partial charge is 0.506 e. The van der Waals surface area contributed by atoms with Crippen molar-refractivity contribution in [2.45, 2.75) is 45.6 Å². The number of halogens is 4. The molecule has 5 unspecified atom stereocenters. The van der Waals surface area contributed by atoms with Crippen LogP contribution in [0.25, 0.3) is 0 Å². The van der Waals surface area contributed by atoms with Gasteiger partial charge in [0.05, 0.1) is 32.0 Å². The second-order valence-electron chi connectivity index (χ2n) is 10.1. The van der Waals surface area contributed by atoms with Crippen molar-refractivity contribution in [2.75, 3.05) is 0 Å². The quantitative estimate of drug-likeness (QED) is 0.105. The minimum Gasteiger partial charge on any atom is -0.506 e. The van der Waals surface area contributed by atoms with Crippen molar-refractivity contribution in [3.63, 3.8) is 0 Å². The number of aliphatic carboxylic acids is 4. The van der Waals surface area contributed by atoms with Gasteiger partial charge in [0.1, 0.15) is 11.5 Å². The van der Waals surface area contributed by atoms with Gasteiger partial charge in [0.15, 0.2) is 11.8 Å². The van der Waals surface area contributed by atoms with Crippen LogP contribution in [0.2, 0.25) is 0 Å². The van der Waals surface area contributed by atoms with Crippen molar-refractivity contribution in [3.05, 3.63) is 44.1 Å². The molecule has 240 valence electrons. The first-order valence-electron chi connectivity index (χ1n) is 13.0. The van der Waals surface area contributed by atoms with Crippen LogP contribution in [-0.2, 0) is 24.0 Å². The lowest BCUT2D eigenvalue weighted by atomic mass is 9.82. The van der Waals surface area contributed by atoms with Gasteiger partial charge in [0.25, 0.3) is 0 Å². The molecule has 0 bridgehead atoms. The van der Waals surface area contributed by atoms with Gasteiger partial charge in [-0.2, -0.15) is 0 Å². The zero-order chi connectivity index (χ0) is 33.5. The predicted molar refractivity (Wildman–Crippen MR) is 191 cm³/mol. The number of rotatable bonds is 16. The van der Waals surface area contributed by atoms with Crippen LogP contribution in [0.5, 0.6) is 17.2 Å². The zero-order valence-electron chi connectivity index (χ0n) is 23.2. The predicted octanol–water partition coefficient (Wildman–Crippen LogP) is 6.16. The highest BCUT2D eigenvalue weighted by Gasteiger charge is 2.35. The number of amides is 1. The van der Waals surface area contributed by atoms with Crippen LogP contribution in [0.4, 0.5) is 0 Å². The van der Waals surface area contributed by atoms with Crippen LogP contribution < -0.4 is 10.1 Å². The maximum atomic E-state index is 13.5. The molecule has 44 heavy (non-hydrogen) atoms. The summed E-state index contributed by atoms with van der Waals surface area (Å²) in [4.78, 5) is 61.0. The lowest BCUT2D eigenvalue weighted by Crippen LogP contribution is -2.40. The number of carboxylic acid groups (broad SMARTS) is 4. The molecule has 0 fully saturated rings. The number of carbonyl (C=O) groups excluding carboxylic acids is 1. The van der Waals surface area contributed by atoms with E-state index in [1.165, 1.54) is 19.1 Å². The average molecular weight is 1060 g/mol. The molecule has 16 heteroatoms. The maximum Gasteiger partial charge on any atom is 0.330 e. The average Bonchev–Trinajstić information content (AvgIpc) is 2.92. The monoisotopic (exact) mass is 1060 g/mol. The number of phenolic OH excluding ortho intramolecular Hbond substituents is 1. The van der Waals surface area contributed by atoms with Gasteiger partial charge in [-0.05, 0) is 146 Å². The summed E-state index contributed by atoms with van der Waals surface area (Å²) in [5.74, 6) is -9.57. The van der Waals surface area contributed by atoms with Gasteiger partial charge >= 0.3 is 23.9 Å². The van der Waals surface area contributed by atoms with E-state index in [0.29, 0.717) is 25.8 Å². The Labute approximate surface area is 307 Å². The van der Waals surface area contributed by atoms with Crippen molar-refractivity contribution in [1.82, 2.24) is 5.32 Å². The Kier molecular flexibility index (Phi) is 15.1. The topological polar surface area (TPSA) is 208 Å². The molecule has 0 saturated heterocycles. The van der Waals surface area contributed by atoms with Gasteiger partial charge in [0, 0.05) is 5.92 Å². The number of carboxylic acids is 4. The Morgan fingerprint density at radius 1 is 0.727 bits per heavy atom. The summed E-state index contributed by atoms with van der Waals surface area (Å²) in [7, 11) is 0. The molecule has 0 heterocycles. The van der Waals surface area contributed by atoms with E-state index in [2.05, 4.69) is 5.32 Å². The molecule has 12 nitrogen and oxygen atoms in total. The SMILES string of the molecule is CCC(CC(CC(CC(C)C(=O)O)C(=O)NC(C(=O)O)c1cc(I)c(Oc2cc(I)c(O)c(I)c2)c(I)c1)C(=O)O)C(=O)O. The molecule has 0 radical (unpaired) electrons. The molecule has 0 aliphatic heterocycles. The first-order chi connectivity index (χ1) is 20.5. The van der Waals surface area contributed by atoms with Gasteiger partial charge in [-0.15, -0.1) is 0 Å². The Hall–Kier alpha value is -1.69. The smallest absolute Gasteiger partial charge is 0.330 e. The summed E-state index contributed by atoms with van der Waals surface area (Å²) >= 11 is 7.87. The fraction of sp³-hybridized carbons (Fsp3) is 0.393. The fourth-order valence-electron chi connectivity index (χ4n) is 4.38. The van der Waals surface area contributed by atoms with Crippen LogP contribution in [0.15, 0.2) is 24.3 Å². The van der Waals surface area contributed by atoms with E-state index in [-0.39, 0.29) is 37.0 Å². The van der Waals surface area contributed by atoms with E-state index in [0.717, 1.165) is 0 Å². The van der Waals surface area contributed by atoms with Crippen LogP contribution in [0.1, 0.15) is 51.1 Å². The van der Waals surface area contributed by atoms with Crippen LogP contribution in [0, 0.1) is 38.0 Å². The third kappa shape index (κ3) is 10.7. The highest BCUT2D eigenvalue weighted by Crippen LogP contribution is 2.38. The maximum absolute atomic E-state index is 13.5. The third-order valence-electron chi connectivity index (χ3n) is 6.86. The van der Waals surface area contributed by atoms with Crippen molar-refractivity contribution >= 4 is 120 Å². The molecule has 0 aliphatic carbocycles. The van der Waals surface area contributed by atoms with E-state index < -0.39 is 59.5 Å². The first-order valence-corrected chi connectivity index (χ1v) is 17.3. The summed E-state index contributed by atoms with van der Waals surface area (Å²) in [6.07, 6.45) is -0.773. The number of benzene rings is 2. The summed E-state index contributed by atoms with van der Waals surface area (Å²) in [5.41, 5.74) is 0.193. The first kappa shape index (κ1) is 38.5. The van der Waals surface area contributed by atoms with E-state index >= 15 is 0 Å². The van der Waals surface area contributed by atoms with Gasteiger partial charge in [-0.25, -0.2) is 4.79 Å². The van der Waals surface area contributed by atoms with E-state index in [1.807, 2.05) is 90.4 Å². The summed E-state index contributed by atoms with van der Waals surface area (Å²) < 4.78 is 8.22. The third-order valence-corrected chi connectivity index (χ3v) is 10.1. The molecule has 0 saturated carbocycles. The molecule has 0 spiro atoms. The number of hydrogen-bond acceptors (Lipinski definition) is 7. The lowest BCUT2D eigenvalue weighted by Gasteiger charge is -2.25. The second-order valence-corrected chi connectivity index (χ2v) is 14.7. The zero-order valence-corrected chi connectivity index (χ0v) is 31.9. The summed E-state index contributed by atoms with van der Waals surface area (Å²) in [5, 5.41) is 51.2. The van der Waals surface area contributed by atoms with Crippen molar-refractivity contribution in [2.24, 2.45) is 23.7 Å². The van der Waals surface area contributed by atoms with Gasteiger partial charge in [0.2, 0.25) is 5.91 Å². The molecule has 6 N–H and O–H groups in total. The standard InChI is InChI=1S/C28H29I4NO11/c1-3-12(26(38)39)5-15(27(40)41)6-14(4-11(2)25(36)37)24(35)33-21(28(42)43)13-7-19(31)23(20(32)8-13)44-16-9-17(29)22(34)18(30)10-16/h7-12,14-15,21,34H,3-6H2,1-2H3,(H,33,35)(H,36,37)(H,38,39)(H,40,41)(H,42,43). The van der Waals surface area contributed by atoms with Crippen LogP contribution in [0.3, 0.4) is 0 Å². The number of carbonyl (C=O) groups is 5. The molecule has 1 amide bonds. The molecule has 0 aromatic heterocycles. The van der Waals surface area contributed by atoms with Crippen LogP contribution >= 0.6 is 90.4 Å². The van der Waals surface area contributed by atoms with Crippen molar-refractivity contribution in [1.29, 1.82) is 0 Å². The number of hydrogen-bond donors (Lipinski definition) is 6. The number of phenols is 1. The minimum absolute atomic E-state index is 0.121. The molecule has 5 atom stereocenters. The lowest BCUT2D eigenvalue weighted by molar-refractivity contribution is -0.147. The summed E-state index contributed by atoms with van der Waals surface area (Å²) in [6, 6.07) is 4.74. The Morgan fingerprint density at radius 2 is 1.23 bits per heavy atom. The van der Waals surface area contributed by atoms with Gasteiger partial charge < -0.3 is 35.6 Å². The molecule has 0 aliphatic rings. The molecular formula is C28H29I4NO11. The van der Waals surface area contributed by atoms with Gasteiger partial charge in [-0.3, -0.25) is 19.2 Å². The van der Waals surface area contributed by atoms with Crippen molar-refractivity contribution < 1.29 is 54.2 Å². The highest BCUT2D eigenvalue weighted by molar-refractivity contribution is 14.1. The highest BCUT2D eigenvalue weighted by atomic mass is 127. The summed E-state index contributed by atoms with van der Waals surface area (Å²) in [6.45, 7) is 2.94. The Balaban J connectivity index is 2.41. The number of nitrogens with one attached hydrogen (secondary N) is 1. The molecule has 2 rings (SSSR count). The van der Waals surface area contributed by atoms with Crippen molar-refractivity contribution in [3.8, 4) is 17.2 Å². The molecular weight excluding hydrogens is 1030 g/mol. The van der Waals surface area contributed by atoms with E-state index in [9.17, 15) is 49.5 Å². The molecule has 2 aromatic rings. The Bertz CT molecular complexity index is 1390. The number of aromatic hydroxyl groups is 1.